The van der Waals surface area contributed by atoms with Gasteiger partial charge in [0.05, 0.1) is 31.0 Å². The van der Waals surface area contributed by atoms with Gasteiger partial charge in [0.1, 0.15) is 0 Å². The van der Waals surface area contributed by atoms with Crippen LogP contribution >= 0.6 is 0 Å². The number of nitrogen functional groups attached to an aromatic ring is 1. The molecule has 4 heteroatoms. The molecule has 21 heavy (non-hydrogen) atoms. The number of benzene rings is 2. The van der Waals surface area contributed by atoms with Crippen molar-refractivity contribution in [2.24, 2.45) is 0 Å². The van der Waals surface area contributed by atoms with Gasteiger partial charge in [0.15, 0.2) is 0 Å². The van der Waals surface area contributed by atoms with Crippen LogP contribution in [0.1, 0.15) is 5.56 Å². The number of aromatic nitrogens is 1. The van der Waals surface area contributed by atoms with Crippen molar-refractivity contribution in [3.05, 3.63) is 54.1 Å². The van der Waals surface area contributed by atoms with Gasteiger partial charge >= 0.3 is 0 Å². The zero-order valence-corrected chi connectivity index (χ0v) is 11.7. The average molecular weight is 282 g/mol. The lowest BCUT2D eigenvalue weighted by Crippen LogP contribution is -2.00. The van der Waals surface area contributed by atoms with Gasteiger partial charge in [-0.2, -0.15) is 0 Å². The highest BCUT2D eigenvalue weighted by molar-refractivity contribution is 5.94. The zero-order chi connectivity index (χ0) is 14.7. The summed E-state index contributed by atoms with van der Waals surface area (Å²) in [4.78, 5) is 3.37. The molecular weight excluding hydrogens is 264 g/mol. The first kappa shape index (κ1) is 13.7. The average Bonchev–Trinajstić information content (AvgIpc) is 2.93. The van der Waals surface area contributed by atoms with Crippen molar-refractivity contribution < 1.29 is 9.84 Å². The Labute approximate surface area is 123 Å². The highest BCUT2D eigenvalue weighted by Crippen LogP contribution is 2.28. The Morgan fingerprint density at radius 2 is 1.90 bits per heavy atom. The summed E-state index contributed by atoms with van der Waals surface area (Å²) in [6.45, 7) is 0.812. The standard InChI is InChI=1S/C17H18N2O2/c18-15-9-12(11-21-7-6-20)8-14-10-16(19-17(14)15)13-4-2-1-3-5-13/h1-5,8-10,19-20H,6-7,11,18H2. The monoisotopic (exact) mass is 282 g/mol. The number of rotatable bonds is 5. The third kappa shape index (κ3) is 2.91. The molecule has 0 bridgehead atoms. The minimum absolute atomic E-state index is 0.0278. The van der Waals surface area contributed by atoms with Gasteiger partial charge in [-0.05, 0) is 29.3 Å². The highest BCUT2D eigenvalue weighted by Gasteiger charge is 2.07. The van der Waals surface area contributed by atoms with Gasteiger partial charge in [0.25, 0.3) is 0 Å². The van der Waals surface area contributed by atoms with Crippen molar-refractivity contribution in [1.29, 1.82) is 0 Å². The van der Waals surface area contributed by atoms with Crippen molar-refractivity contribution in [3.8, 4) is 11.3 Å². The van der Waals surface area contributed by atoms with Crippen LogP contribution in [-0.4, -0.2) is 23.3 Å². The minimum atomic E-state index is 0.0278. The molecule has 0 saturated heterocycles. The second-order valence-electron chi connectivity index (χ2n) is 4.97. The first-order chi connectivity index (χ1) is 10.3. The van der Waals surface area contributed by atoms with Crippen LogP contribution < -0.4 is 5.73 Å². The summed E-state index contributed by atoms with van der Waals surface area (Å²) in [6, 6.07) is 16.2. The van der Waals surface area contributed by atoms with Gasteiger partial charge in [0, 0.05) is 11.1 Å². The summed E-state index contributed by atoms with van der Waals surface area (Å²) in [5.74, 6) is 0. The predicted octanol–water partition coefficient (Wildman–Crippen LogP) is 2.93. The molecule has 0 aliphatic rings. The van der Waals surface area contributed by atoms with Crippen LogP contribution in [0.4, 0.5) is 5.69 Å². The molecule has 4 N–H and O–H groups in total. The second kappa shape index (κ2) is 5.99. The molecule has 0 unspecified atom stereocenters. The summed E-state index contributed by atoms with van der Waals surface area (Å²) in [5, 5.41) is 9.81. The number of fused-ring (bicyclic) bond motifs is 1. The Hall–Kier alpha value is -2.30. The number of aromatic amines is 1. The number of hydrogen-bond donors (Lipinski definition) is 3. The van der Waals surface area contributed by atoms with Crippen molar-refractivity contribution in [3.63, 3.8) is 0 Å². The summed E-state index contributed by atoms with van der Waals surface area (Å²) in [6.07, 6.45) is 0. The Morgan fingerprint density at radius 1 is 1.10 bits per heavy atom. The third-order valence-corrected chi connectivity index (χ3v) is 3.41. The van der Waals surface area contributed by atoms with Gasteiger partial charge in [-0.3, -0.25) is 0 Å². The molecule has 0 spiro atoms. The molecule has 0 saturated carbocycles. The predicted molar refractivity (Wildman–Crippen MR) is 84.9 cm³/mol. The minimum Gasteiger partial charge on any atom is -0.397 e. The molecule has 1 heterocycles. The van der Waals surface area contributed by atoms with Crippen molar-refractivity contribution in [2.45, 2.75) is 6.61 Å². The van der Waals surface area contributed by atoms with E-state index in [-0.39, 0.29) is 6.61 Å². The number of ether oxygens (including phenoxy) is 1. The van der Waals surface area contributed by atoms with Gasteiger partial charge in [-0.15, -0.1) is 0 Å². The summed E-state index contributed by atoms with van der Waals surface area (Å²) < 4.78 is 5.35. The van der Waals surface area contributed by atoms with E-state index in [1.165, 1.54) is 0 Å². The lowest BCUT2D eigenvalue weighted by Gasteiger charge is -2.05. The van der Waals surface area contributed by atoms with Gasteiger partial charge < -0.3 is 20.6 Å². The molecule has 108 valence electrons. The molecule has 3 rings (SSSR count). The third-order valence-electron chi connectivity index (χ3n) is 3.41. The van der Waals surface area contributed by atoms with Crippen LogP contribution in [0.15, 0.2) is 48.5 Å². The Balaban J connectivity index is 1.95. The normalized spacial score (nSPS) is 11.1. The molecule has 0 fully saturated rings. The second-order valence-corrected chi connectivity index (χ2v) is 4.97. The fourth-order valence-electron chi connectivity index (χ4n) is 2.45. The number of aliphatic hydroxyl groups excluding tert-OH is 1. The topological polar surface area (TPSA) is 71.3 Å². The van der Waals surface area contributed by atoms with Crippen LogP contribution in [0, 0.1) is 0 Å². The molecular formula is C17H18N2O2. The van der Waals surface area contributed by atoms with Gasteiger partial charge in [-0.1, -0.05) is 30.3 Å². The lowest BCUT2D eigenvalue weighted by molar-refractivity contribution is 0.0816. The van der Waals surface area contributed by atoms with E-state index in [9.17, 15) is 0 Å². The number of H-pyrrole nitrogens is 1. The van der Waals surface area contributed by atoms with Crippen molar-refractivity contribution in [1.82, 2.24) is 4.98 Å². The zero-order valence-electron chi connectivity index (χ0n) is 11.7. The molecule has 2 aromatic carbocycles. The smallest absolute Gasteiger partial charge is 0.0719 e. The molecule has 0 atom stereocenters. The van der Waals surface area contributed by atoms with E-state index >= 15 is 0 Å². The summed E-state index contributed by atoms with van der Waals surface area (Å²) in [5.41, 5.74) is 11.0. The largest absolute Gasteiger partial charge is 0.397 e. The van der Waals surface area contributed by atoms with E-state index in [0.717, 1.165) is 27.7 Å². The van der Waals surface area contributed by atoms with Crippen LogP contribution in [0.5, 0.6) is 0 Å². The molecule has 0 radical (unpaired) electrons. The van der Waals surface area contributed by atoms with Crippen molar-refractivity contribution in [2.75, 3.05) is 18.9 Å². The van der Waals surface area contributed by atoms with E-state index in [1.54, 1.807) is 0 Å². The number of aliphatic hydroxyl groups is 1. The Kier molecular flexibility index (Phi) is 3.90. The molecule has 0 aliphatic carbocycles. The summed E-state index contributed by atoms with van der Waals surface area (Å²) >= 11 is 0. The van der Waals surface area contributed by atoms with E-state index in [1.807, 2.05) is 24.3 Å². The molecule has 4 nitrogen and oxygen atoms in total. The van der Waals surface area contributed by atoms with Crippen molar-refractivity contribution >= 4 is 16.6 Å². The maximum absolute atomic E-state index is 8.75. The first-order valence-electron chi connectivity index (χ1n) is 6.93. The van der Waals surface area contributed by atoms with E-state index < -0.39 is 0 Å². The maximum atomic E-state index is 8.75. The van der Waals surface area contributed by atoms with Crippen LogP contribution in [0.25, 0.3) is 22.2 Å². The van der Waals surface area contributed by atoms with Gasteiger partial charge in [0.2, 0.25) is 0 Å². The Morgan fingerprint density at radius 3 is 2.67 bits per heavy atom. The SMILES string of the molecule is Nc1cc(COCCO)cc2cc(-c3ccccc3)[nH]c12. The number of hydrogen-bond acceptors (Lipinski definition) is 3. The molecule has 0 amide bonds. The number of anilines is 1. The quantitative estimate of drug-likeness (QED) is 0.497. The van der Waals surface area contributed by atoms with Crippen LogP contribution in [0.2, 0.25) is 0 Å². The van der Waals surface area contributed by atoms with Crippen LogP contribution in [0.3, 0.4) is 0 Å². The van der Waals surface area contributed by atoms with Crippen LogP contribution in [-0.2, 0) is 11.3 Å². The molecule has 0 aliphatic heterocycles. The van der Waals surface area contributed by atoms with Gasteiger partial charge in [-0.25, -0.2) is 0 Å². The fraction of sp³-hybridized carbons (Fsp3) is 0.176. The number of nitrogens with one attached hydrogen (secondary N) is 1. The molecule has 3 aromatic rings. The Bertz CT molecular complexity index is 735. The first-order valence-corrected chi connectivity index (χ1v) is 6.93. The van der Waals surface area contributed by atoms with E-state index in [2.05, 4.69) is 29.2 Å². The number of nitrogens with two attached hydrogens (primary N) is 1. The lowest BCUT2D eigenvalue weighted by atomic mass is 10.1. The van der Waals surface area contributed by atoms with E-state index in [0.29, 0.717) is 18.9 Å². The highest BCUT2D eigenvalue weighted by atomic mass is 16.5. The maximum Gasteiger partial charge on any atom is 0.0719 e. The fourth-order valence-corrected chi connectivity index (χ4v) is 2.45. The molecule has 1 aromatic heterocycles. The van der Waals surface area contributed by atoms with E-state index in [4.69, 9.17) is 15.6 Å². The summed E-state index contributed by atoms with van der Waals surface area (Å²) in [7, 11) is 0.